The molecule has 0 saturated carbocycles. The summed E-state index contributed by atoms with van der Waals surface area (Å²) in [4.78, 5) is 6.21. The number of pyridine rings is 1. The number of halogens is 2. The Hall–Kier alpha value is -1.49. The van der Waals surface area contributed by atoms with Crippen LogP contribution in [-0.4, -0.2) is 23.0 Å². The first-order chi connectivity index (χ1) is 10.9. The van der Waals surface area contributed by atoms with Crippen LogP contribution in [0.5, 0.6) is 0 Å². The summed E-state index contributed by atoms with van der Waals surface area (Å²) < 4.78 is 14.1. The lowest BCUT2D eigenvalue weighted by atomic mass is 9.92. The number of hydrogen-bond acceptors (Lipinski definition) is 3. The third-order valence-corrected chi connectivity index (χ3v) is 4.16. The molecule has 0 aliphatic rings. The van der Waals surface area contributed by atoms with Gasteiger partial charge >= 0.3 is 0 Å². The molecule has 0 bridgehead atoms. The van der Waals surface area contributed by atoms with Crippen molar-refractivity contribution in [2.45, 2.75) is 26.9 Å². The highest BCUT2D eigenvalue weighted by Gasteiger charge is 2.22. The molecule has 2 N–H and O–H groups in total. The molecule has 0 atom stereocenters. The van der Waals surface area contributed by atoms with Gasteiger partial charge in [-0.1, -0.05) is 31.5 Å². The van der Waals surface area contributed by atoms with E-state index in [1.54, 1.807) is 24.5 Å². The first-order valence-corrected chi connectivity index (χ1v) is 8.03. The van der Waals surface area contributed by atoms with Gasteiger partial charge in [-0.2, -0.15) is 0 Å². The highest BCUT2D eigenvalue weighted by molar-refractivity contribution is 6.31. The summed E-state index contributed by atoms with van der Waals surface area (Å²) >= 11 is 6.18. The average molecular weight is 336 g/mol. The summed E-state index contributed by atoms with van der Waals surface area (Å²) in [6.07, 6.45) is 3.52. The molecule has 5 heteroatoms. The van der Waals surface area contributed by atoms with E-state index in [0.29, 0.717) is 30.2 Å². The van der Waals surface area contributed by atoms with Gasteiger partial charge in [0, 0.05) is 42.6 Å². The third-order valence-electron chi connectivity index (χ3n) is 3.80. The van der Waals surface area contributed by atoms with Crippen LogP contribution in [0.4, 0.5) is 4.39 Å². The first-order valence-electron chi connectivity index (χ1n) is 7.65. The third kappa shape index (κ3) is 5.27. The Bertz CT molecular complexity index is 611. The van der Waals surface area contributed by atoms with E-state index in [9.17, 15) is 4.39 Å². The van der Waals surface area contributed by atoms with Crippen LogP contribution in [0.1, 0.15) is 25.0 Å². The molecule has 0 unspecified atom stereocenters. The molecule has 0 aliphatic carbocycles. The molecule has 2 rings (SSSR count). The highest BCUT2D eigenvalue weighted by atomic mass is 35.5. The number of rotatable bonds is 7. The second-order valence-electron chi connectivity index (χ2n) is 6.57. The van der Waals surface area contributed by atoms with Crippen molar-refractivity contribution in [2.24, 2.45) is 11.1 Å². The van der Waals surface area contributed by atoms with Gasteiger partial charge in [0.25, 0.3) is 0 Å². The zero-order valence-electron chi connectivity index (χ0n) is 13.6. The molecule has 124 valence electrons. The molecule has 0 saturated heterocycles. The van der Waals surface area contributed by atoms with Crippen LogP contribution in [0.3, 0.4) is 0 Å². The van der Waals surface area contributed by atoms with Crippen LogP contribution in [0.15, 0.2) is 42.7 Å². The van der Waals surface area contributed by atoms with Crippen LogP contribution in [0.2, 0.25) is 5.02 Å². The number of aromatic nitrogens is 1. The molecule has 23 heavy (non-hydrogen) atoms. The van der Waals surface area contributed by atoms with E-state index in [0.717, 1.165) is 12.1 Å². The van der Waals surface area contributed by atoms with E-state index in [2.05, 4.69) is 23.7 Å². The van der Waals surface area contributed by atoms with Crippen molar-refractivity contribution in [1.82, 2.24) is 9.88 Å². The molecule has 2 aromatic rings. The number of nitrogens with zero attached hydrogens (tertiary/aromatic N) is 2. The molecule has 0 radical (unpaired) electrons. The first kappa shape index (κ1) is 17.9. The van der Waals surface area contributed by atoms with Gasteiger partial charge in [0.15, 0.2) is 0 Å². The van der Waals surface area contributed by atoms with Crippen LogP contribution in [0, 0.1) is 11.2 Å². The standard InChI is InChI=1S/C18H23ClFN3/c1-18(2,12-21)13-23(10-14-6-8-22-9-7-14)11-15-16(19)4-3-5-17(15)20/h3-9H,10-13,21H2,1-2H3. The summed E-state index contributed by atoms with van der Waals surface area (Å²) in [6.45, 7) is 6.65. The molecule has 0 spiro atoms. The van der Waals surface area contributed by atoms with Gasteiger partial charge in [0.05, 0.1) is 0 Å². The minimum atomic E-state index is -0.275. The summed E-state index contributed by atoms with van der Waals surface area (Å²) in [7, 11) is 0. The summed E-state index contributed by atoms with van der Waals surface area (Å²) in [5, 5.41) is 0.454. The fraction of sp³-hybridized carbons (Fsp3) is 0.389. The Kier molecular flexibility index (Phi) is 6.10. The van der Waals surface area contributed by atoms with Gasteiger partial charge in [-0.25, -0.2) is 4.39 Å². The van der Waals surface area contributed by atoms with Crippen molar-refractivity contribution in [1.29, 1.82) is 0 Å². The van der Waals surface area contributed by atoms with Crippen LogP contribution < -0.4 is 5.73 Å². The molecule has 1 aromatic carbocycles. The van der Waals surface area contributed by atoms with Gasteiger partial charge < -0.3 is 5.73 Å². The topological polar surface area (TPSA) is 42.1 Å². The summed E-state index contributed by atoms with van der Waals surface area (Å²) in [5.41, 5.74) is 7.45. The van der Waals surface area contributed by atoms with Gasteiger partial charge in [0.2, 0.25) is 0 Å². The van der Waals surface area contributed by atoms with Crippen LogP contribution in [-0.2, 0) is 13.1 Å². The Morgan fingerprint density at radius 2 is 1.87 bits per heavy atom. The number of hydrogen-bond donors (Lipinski definition) is 1. The predicted molar refractivity (Wildman–Crippen MR) is 92.6 cm³/mol. The number of nitrogens with two attached hydrogens (primary N) is 1. The quantitative estimate of drug-likeness (QED) is 0.835. The van der Waals surface area contributed by atoms with E-state index in [1.165, 1.54) is 6.07 Å². The normalized spacial score (nSPS) is 11.9. The molecular formula is C18H23ClFN3. The van der Waals surface area contributed by atoms with Crippen molar-refractivity contribution in [2.75, 3.05) is 13.1 Å². The zero-order valence-corrected chi connectivity index (χ0v) is 14.4. The van der Waals surface area contributed by atoms with E-state index < -0.39 is 0 Å². The van der Waals surface area contributed by atoms with Crippen LogP contribution in [0.25, 0.3) is 0 Å². The lowest BCUT2D eigenvalue weighted by molar-refractivity contribution is 0.167. The van der Waals surface area contributed by atoms with Gasteiger partial charge in [-0.05, 0) is 41.8 Å². The SMILES string of the molecule is CC(C)(CN)CN(Cc1ccncc1)Cc1c(F)cccc1Cl. The molecule has 0 amide bonds. The zero-order chi connectivity index (χ0) is 16.9. The predicted octanol–water partition coefficient (Wildman–Crippen LogP) is 3.86. The van der Waals surface area contributed by atoms with E-state index in [1.807, 2.05) is 12.1 Å². The molecule has 0 fully saturated rings. The van der Waals surface area contributed by atoms with E-state index in [4.69, 9.17) is 17.3 Å². The lowest BCUT2D eigenvalue weighted by Gasteiger charge is -2.32. The largest absolute Gasteiger partial charge is 0.330 e. The number of benzene rings is 1. The average Bonchev–Trinajstić information content (AvgIpc) is 2.51. The van der Waals surface area contributed by atoms with Crippen molar-refractivity contribution < 1.29 is 4.39 Å². The minimum absolute atomic E-state index is 0.0647. The molecule has 1 heterocycles. The van der Waals surface area contributed by atoms with E-state index >= 15 is 0 Å². The second kappa shape index (κ2) is 7.86. The van der Waals surface area contributed by atoms with Crippen molar-refractivity contribution in [3.63, 3.8) is 0 Å². The fourth-order valence-electron chi connectivity index (χ4n) is 2.49. The maximum Gasteiger partial charge on any atom is 0.129 e. The van der Waals surface area contributed by atoms with Crippen LogP contribution >= 0.6 is 11.6 Å². The Morgan fingerprint density at radius 1 is 1.17 bits per heavy atom. The molecule has 3 nitrogen and oxygen atoms in total. The Morgan fingerprint density at radius 3 is 2.48 bits per heavy atom. The monoisotopic (exact) mass is 335 g/mol. The Labute approximate surface area is 142 Å². The van der Waals surface area contributed by atoms with Gasteiger partial charge in [-0.3, -0.25) is 9.88 Å². The highest BCUT2D eigenvalue weighted by Crippen LogP contribution is 2.24. The van der Waals surface area contributed by atoms with Gasteiger partial charge in [0.1, 0.15) is 5.82 Å². The van der Waals surface area contributed by atoms with Crippen molar-refractivity contribution >= 4 is 11.6 Å². The second-order valence-corrected chi connectivity index (χ2v) is 6.98. The maximum absolute atomic E-state index is 14.1. The molecule has 1 aromatic heterocycles. The molecular weight excluding hydrogens is 313 g/mol. The smallest absolute Gasteiger partial charge is 0.129 e. The minimum Gasteiger partial charge on any atom is -0.330 e. The van der Waals surface area contributed by atoms with Crippen molar-refractivity contribution in [3.8, 4) is 0 Å². The Balaban J connectivity index is 2.22. The molecule has 0 aliphatic heterocycles. The van der Waals surface area contributed by atoms with Gasteiger partial charge in [-0.15, -0.1) is 0 Å². The summed E-state index contributed by atoms with van der Waals surface area (Å²) in [5.74, 6) is -0.275. The lowest BCUT2D eigenvalue weighted by Crippen LogP contribution is -2.38. The summed E-state index contributed by atoms with van der Waals surface area (Å²) in [6, 6.07) is 8.72. The maximum atomic E-state index is 14.1. The van der Waals surface area contributed by atoms with E-state index in [-0.39, 0.29) is 11.2 Å². The fourth-order valence-corrected chi connectivity index (χ4v) is 2.71. The van der Waals surface area contributed by atoms with Crippen molar-refractivity contribution in [3.05, 3.63) is 64.7 Å².